The van der Waals surface area contributed by atoms with Gasteiger partial charge in [-0.2, -0.15) is 0 Å². The summed E-state index contributed by atoms with van der Waals surface area (Å²) in [6, 6.07) is 9.31. The largest absolute Gasteiger partial charge is 0.465 e. The van der Waals surface area contributed by atoms with Crippen molar-refractivity contribution < 1.29 is 14.3 Å². The molecule has 0 fully saturated rings. The smallest absolute Gasteiger partial charge is 0.339 e. The Hall–Kier alpha value is -4.08. The van der Waals surface area contributed by atoms with Crippen LogP contribution < -0.4 is 21.9 Å². The fourth-order valence-electron chi connectivity index (χ4n) is 4.13. The number of benzene rings is 1. The number of anilines is 2. The van der Waals surface area contributed by atoms with Crippen LogP contribution in [0.2, 0.25) is 0 Å². The second kappa shape index (κ2) is 10.9. The van der Waals surface area contributed by atoms with E-state index >= 15 is 0 Å². The standard InChI is InChI=1S/C25H31N5O5/c1-5-6-12-30-22(26)21(23(32)28-25(30)34)29(13-17-10-8-7-9-11-17)14-18(31)20-15(2)19(16(3)27-20)24(33)35-4/h7-11,27H,5-6,12-14,26H2,1-4H3,(H,28,32,34). The zero-order chi connectivity index (χ0) is 25.7. The number of hydrogen-bond donors (Lipinski definition) is 3. The number of nitrogens with zero attached hydrogens (tertiary/aromatic N) is 2. The van der Waals surface area contributed by atoms with Gasteiger partial charge in [0.05, 0.1) is 24.9 Å². The second-order valence-electron chi connectivity index (χ2n) is 8.38. The molecule has 0 amide bonds. The van der Waals surface area contributed by atoms with Gasteiger partial charge in [0.2, 0.25) is 0 Å². The van der Waals surface area contributed by atoms with Gasteiger partial charge >= 0.3 is 11.7 Å². The van der Waals surface area contributed by atoms with Crippen LogP contribution in [0.1, 0.15) is 57.4 Å². The lowest BCUT2D eigenvalue weighted by Gasteiger charge is -2.26. The lowest BCUT2D eigenvalue weighted by atomic mass is 10.1. The predicted molar refractivity (Wildman–Crippen MR) is 134 cm³/mol. The van der Waals surface area contributed by atoms with Crippen LogP contribution in [0.25, 0.3) is 0 Å². The van der Waals surface area contributed by atoms with E-state index in [1.165, 1.54) is 11.7 Å². The maximum Gasteiger partial charge on any atom is 0.339 e. The Morgan fingerprint density at radius 2 is 1.80 bits per heavy atom. The summed E-state index contributed by atoms with van der Waals surface area (Å²) in [5.41, 5.74) is 7.50. The van der Waals surface area contributed by atoms with Crippen LogP contribution in [0.4, 0.5) is 11.5 Å². The van der Waals surface area contributed by atoms with Gasteiger partial charge in [0.25, 0.3) is 5.56 Å². The summed E-state index contributed by atoms with van der Waals surface area (Å²) < 4.78 is 6.15. The minimum Gasteiger partial charge on any atom is -0.465 e. The summed E-state index contributed by atoms with van der Waals surface area (Å²) in [6.07, 6.45) is 1.53. The average Bonchev–Trinajstić information content (AvgIpc) is 3.12. The number of esters is 1. The van der Waals surface area contributed by atoms with Crippen molar-refractivity contribution in [3.05, 3.63) is 79.2 Å². The highest BCUT2D eigenvalue weighted by Crippen LogP contribution is 2.23. The number of unbranched alkanes of at least 4 members (excludes halogenated alkanes) is 1. The summed E-state index contributed by atoms with van der Waals surface area (Å²) in [7, 11) is 1.28. The highest BCUT2D eigenvalue weighted by atomic mass is 16.5. The van der Waals surface area contributed by atoms with Crippen molar-refractivity contribution in [1.29, 1.82) is 0 Å². The van der Waals surface area contributed by atoms with Crippen LogP contribution in [0.15, 0.2) is 39.9 Å². The van der Waals surface area contributed by atoms with E-state index in [0.29, 0.717) is 29.8 Å². The molecular weight excluding hydrogens is 450 g/mol. The Bertz CT molecular complexity index is 1340. The molecule has 0 unspecified atom stereocenters. The normalized spacial score (nSPS) is 10.9. The number of methoxy groups -OCH3 is 1. The summed E-state index contributed by atoms with van der Waals surface area (Å²) >= 11 is 0. The van der Waals surface area contributed by atoms with Gasteiger partial charge in [0, 0.05) is 18.8 Å². The van der Waals surface area contributed by atoms with E-state index in [1.54, 1.807) is 18.7 Å². The van der Waals surface area contributed by atoms with Crippen molar-refractivity contribution >= 4 is 23.3 Å². The van der Waals surface area contributed by atoms with Crippen LogP contribution in [0.5, 0.6) is 0 Å². The molecule has 0 atom stereocenters. The molecule has 0 aliphatic heterocycles. The molecule has 0 saturated carbocycles. The van der Waals surface area contributed by atoms with Crippen molar-refractivity contribution in [2.45, 2.75) is 46.7 Å². The second-order valence-corrected chi connectivity index (χ2v) is 8.38. The summed E-state index contributed by atoms with van der Waals surface area (Å²) in [4.78, 5) is 57.8. The quantitative estimate of drug-likeness (QED) is 0.298. The number of carbonyl (C=O) groups is 2. The Morgan fingerprint density at radius 1 is 1.11 bits per heavy atom. The van der Waals surface area contributed by atoms with Crippen molar-refractivity contribution in [2.24, 2.45) is 0 Å². The molecule has 1 aromatic carbocycles. The highest BCUT2D eigenvalue weighted by molar-refractivity contribution is 6.03. The first-order valence-corrected chi connectivity index (χ1v) is 11.4. The minimum absolute atomic E-state index is 0.00516. The molecule has 0 spiro atoms. The summed E-state index contributed by atoms with van der Waals surface area (Å²) in [5.74, 6) is -0.882. The minimum atomic E-state index is -0.668. The van der Waals surface area contributed by atoms with E-state index in [0.717, 1.165) is 12.0 Å². The SMILES string of the molecule is CCCCn1c(N)c(N(CC(=O)c2[nH]c(C)c(C(=O)OC)c2C)Cc2ccccc2)c(=O)[nH]c1=O. The third kappa shape index (κ3) is 5.37. The van der Waals surface area contributed by atoms with Crippen molar-refractivity contribution in [1.82, 2.24) is 14.5 Å². The lowest BCUT2D eigenvalue weighted by molar-refractivity contribution is 0.0599. The number of Topliss-reactive ketones (excluding diaryl/α,β-unsaturated/α-hetero) is 1. The maximum atomic E-state index is 13.4. The van der Waals surface area contributed by atoms with Gasteiger partial charge < -0.3 is 20.4 Å². The summed E-state index contributed by atoms with van der Waals surface area (Å²) in [5, 5.41) is 0. The molecular formula is C25H31N5O5. The molecule has 2 aromatic heterocycles. The third-order valence-electron chi connectivity index (χ3n) is 5.92. The number of aromatic nitrogens is 3. The fourth-order valence-corrected chi connectivity index (χ4v) is 4.13. The first-order chi connectivity index (χ1) is 16.7. The topological polar surface area (TPSA) is 143 Å². The first-order valence-electron chi connectivity index (χ1n) is 11.4. The van der Waals surface area contributed by atoms with Crippen molar-refractivity contribution in [3.63, 3.8) is 0 Å². The molecule has 10 heteroatoms. The van der Waals surface area contributed by atoms with Gasteiger partial charge in [-0.1, -0.05) is 43.7 Å². The van der Waals surface area contributed by atoms with Crippen LogP contribution in [0.3, 0.4) is 0 Å². The molecule has 0 bridgehead atoms. The van der Waals surface area contributed by atoms with E-state index in [-0.39, 0.29) is 36.1 Å². The lowest BCUT2D eigenvalue weighted by Crippen LogP contribution is -2.40. The molecule has 10 nitrogen and oxygen atoms in total. The highest BCUT2D eigenvalue weighted by Gasteiger charge is 2.26. The van der Waals surface area contributed by atoms with Gasteiger partial charge in [0.15, 0.2) is 5.78 Å². The molecule has 0 saturated heterocycles. The zero-order valence-electron chi connectivity index (χ0n) is 20.4. The Balaban J connectivity index is 2.08. The van der Waals surface area contributed by atoms with E-state index in [1.807, 2.05) is 37.3 Å². The Kier molecular flexibility index (Phi) is 7.95. The van der Waals surface area contributed by atoms with Gasteiger partial charge in [-0.3, -0.25) is 19.1 Å². The van der Waals surface area contributed by atoms with Gasteiger partial charge in [-0.05, 0) is 31.4 Å². The van der Waals surface area contributed by atoms with E-state index in [2.05, 4.69) is 9.97 Å². The van der Waals surface area contributed by atoms with Crippen LogP contribution in [0, 0.1) is 13.8 Å². The third-order valence-corrected chi connectivity index (χ3v) is 5.92. The average molecular weight is 482 g/mol. The number of H-pyrrole nitrogens is 2. The van der Waals surface area contributed by atoms with Crippen molar-refractivity contribution in [2.75, 3.05) is 24.3 Å². The van der Waals surface area contributed by atoms with Crippen LogP contribution in [-0.2, 0) is 17.8 Å². The molecule has 35 heavy (non-hydrogen) atoms. The molecule has 186 valence electrons. The molecule has 3 aromatic rings. The van der Waals surface area contributed by atoms with E-state index in [9.17, 15) is 19.2 Å². The molecule has 0 aliphatic rings. The Labute approximate surface area is 202 Å². The van der Waals surface area contributed by atoms with E-state index < -0.39 is 17.2 Å². The zero-order valence-corrected chi connectivity index (χ0v) is 20.4. The number of aryl methyl sites for hydroxylation is 1. The van der Waals surface area contributed by atoms with Crippen LogP contribution in [-0.4, -0.2) is 39.9 Å². The number of hydrogen-bond acceptors (Lipinski definition) is 7. The van der Waals surface area contributed by atoms with E-state index in [4.69, 9.17) is 10.5 Å². The monoisotopic (exact) mass is 481 g/mol. The van der Waals surface area contributed by atoms with Crippen LogP contribution >= 0.6 is 0 Å². The Morgan fingerprint density at radius 3 is 2.43 bits per heavy atom. The first kappa shape index (κ1) is 25.5. The van der Waals surface area contributed by atoms with Gasteiger partial charge in [-0.15, -0.1) is 0 Å². The molecule has 2 heterocycles. The number of rotatable bonds is 10. The van der Waals surface area contributed by atoms with Gasteiger partial charge in [-0.25, -0.2) is 9.59 Å². The number of nitrogens with two attached hydrogens (primary N) is 1. The molecule has 3 rings (SSSR count). The number of carbonyl (C=O) groups excluding carboxylic acids is 2. The summed E-state index contributed by atoms with van der Waals surface area (Å²) in [6.45, 7) is 5.66. The number of nitrogen functional groups attached to an aromatic ring is 1. The predicted octanol–water partition coefficient (Wildman–Crippen LogP) is 2.54. The molecule has 0 aliphatic carbocycles. The molecule has 0 radical (unpaired) electrons. The van der Waals surface area contributed by atoms with Crippen molar-refractivity contribution in [3.8, 4) is 0 Å². The van der Waals surface area contributed by atoms with Gasteiger partial charge in [0.1, 0.15) is 11.5 Å². The number of nitrogens with one attached hydrogen (secondary N) is 2. The number of ether oxygens (including phenoxy) is 1. The maximum absolute atomic E-state index is 13.4. The fraction of sp³-hybridized carbons (Fsp3) is 0.360. The molecule has 4 N–H and O–H groups in total. The number of aromatic amines is 2. The number of ketones is 1.